The number of nitrogens with two attached hydrogens (primary N) is 1. The lowest BCUT2D eigenvalue weighted by Crippen LogP contribution is -1.94. The average molecular weight is 337 g/mol. The third-order valence-electron chi connectivity index (χ3n) is 4.24. The highest BCUT2D eigenvalue weighted by Gasteiger charge is 2.10. The van der Waals surface area contributed by atoms with Crippen molar-refractivity contribution in [1.29, 1.82) is 0 Å². The third-order valence-corrected chi connectivity index (χ3v) is 5.46. The molecule has 2 aromatic carbocycles. The van der Waals surface area contributed by atoms with Gasteiger partial charge in [0.2, 0.25) is 0 Å². The second-order valence-electron chi connectivity index (χ2n) is 5.97. The molecule has 1 aromatic heterocycles. The first-order valence-electron chi connectivity index (χ1n) is 8.62. The molecule has 0 saturated carbocycles. The summed E-state index contributed by atoms with van der Waals surface area (Å²) in [5.74, 6) is 0. The van der Waals surface area contributed by atoms with Crippen molar-refractivity contribution in [2.45, 2.75) is 39.2 Å². The first-order chi connectivity index (χ1) is 11.8. The standard InChI is InChI=1S/C21H24N2S/c1-2-19-21(23-20(15-22)24-19)18-13-11-17(12-14-18)10-6-9-16-7-4-3-5-8-16/h3-5,7-8,11-14H,2,6,9-10,15,22H2,1H3. The van der Waals surface area contributed by atoms with Crippen LogP contribution in [0.5, 0.6) is 0 Å². The van der Waals surface area contributed by atoms with Gasteiger partial charge in [-0.15, -0.1) is 11.3 Å². The normalized spacial score (nSPS) is 10.9. The second kappa shape index (κ2) is 8.22. The van der Waals surface area contributed by atoms with Gasteiger partial charge in [-0.3, -0.25) is 0 Å². The highest BCUT2D eigenvalue weighted by molar-refractivity contribution is 7.12. The van der Waals surface area contributed by atoms with Crippen molar-refractivity contribution < 1.29 is 0 Å². The van der Waals surface area contributed by atoms with E-state index in [-0.39, 0.29) is 0 Å². The van der Waals surface area contributed by atoms with E-state index in [1.54, 1.807) is 11.3 Å². The monoisotopic (exact) mass is 336 g/mol. The van der Waals surface area contributed by atoms with Crippen LogP contribution in [0.1, 0.15) is 34.4 Å². The smallest absolute Gasteiger partial charge is 0.107 e. The maximum Gasteiger partial charge on any atom is 0.107 e. The zero-order valence-electron chi connectivity index (χ0n) is 14.2. The van der Waals surface area contributed by atoms with Crippen molar-refractivity contribution in [2.24, 2.45) is 5.73 Å². The van der Waals surface area contributed by atoms with Gasteiger partial charge in [-0.2, -0.15) is 0 Å². The van der Waals surface area contributed by atoms with E-state index in [2.05, 4.69) is 61.5 Å². The van der Waals surface area contributed by atoms with Crippen LogP contribution in [0.2, 0.25) is 0 Å². The van der Waals surface area contributed by atoms with Crippen LogP contribution in [-0.4, -0.2) is 4.98 Å². The number of aromatic nitrogens is 1. The van der Waals surface area contributed by atoms with Crippen LogP contribution in [0.15, 0.2) is 54.6 Å². The van der Waals surface area contributed by atoms with E-state index in [0.29, 0.717) is 6.54 Å². The Morgan fingerprint density at radius 1 is 0.917 bits per heavy atom. The average Bonchev–Trinajstić information content (AvgIpc) is 3.07. The van der Waals surface area contributed by atoms with Gasteiger partial charge in [-0.25, -0.2) is 4.98 Å². The quantitative estimate of drug-likeness (QED) is 0.659. The zero-order valence-corrected chi connectivity index (χ0v) is 15.0. The molecule has 124 valence electrons. The Kier molecular flexibility index (Phi) is 5.78. The summed E-state index contributed by atoms with van der Waals surface area (Å²) in [6, 6.07) is 19.6. The molecule has 3 heteroatoms. The predicted octanol–water partition coefficient (Wildman–Crippen LogP) is 5.01. The van der Waals surface area contributed by atoms with Gasteiger partial charge < -0.3 is 5.73 Å². The molecule has 0 aliphatic heterocycles. The molecular formula is C21H24N2S. The van der Waals surface area contributed by atoms with Crippen molar-refractivity contribution in [3.63, 3.8) is 0 Å². The second-order valence-corrected chi connectivity index (χ2v) is 7.14. The fraction of sp³-hybridized carbons (Fsp3) is 0.286. The summed E-state index contributed by atoms with van der Waals surface area (Å²) in [6.45, 7) is 2.70. The molecule has 0 aliphatic carbocycles. The van der Waals surface area contributed by atoms with Gasteiger partial charge in [0.1, 0.15) is 5.01 Å². The molecule has 2 nitrogen and oxygen atoms in total. The van der Waals surface area contributed by atoms with Crippen molar-refractivity contribution in [2.75, 3.05) is 0 Å². The molecule has 0 amide bonds. The predicted molar refractivity (Wildman–Crippen MR) is 103 cm³/mol. The summed E-state index contributed by atoms with van der Waals surface area (Å²) < 4.78 is 0. The van der Waals surface area contributed by atoms with E-state index in [4.69, 9.17) is 10.7 Å². The Bertz CT molecular complexity index is 760. The third kappa shape index (κ3) is 4.11. The number of hydrogen-bond acceptors (Lipinski definition) is 3. The minimum Gasteiger partial charge on any atom is -0.325 e. The molecule has 24 heavy (non-hydrogen) atoms. The topological polar surface area (TPSA) is 38.9 Å². The summed E-state index contributed by atoms with van der Waals surface area (Å²) in [5, 5.41) is 1.02. The van der Waals surface area contributed by atoms with Crippen LogP contribution in [0.3, 0.4) is 0 Å². The summed E-state index contributed by atoms with van der Waals surface area (Å²) in [4.78, 5) is 6.02. The molecule has 0 fully saturated rings. The molecule has 0 radical (unpaired) electrons. The molecule has 3 aromatic rings. The lowest BCUT2D eigenvalue weighted by Gasteiger charge is -2.05. The molecule has 0 saturated heterocycles. The zero-order chi connectivity index (χ0) is 16.8. The lowest BCUT2D eigenvalue weighted by molar-refractivity contribution is 0.821. The van der Waals surface area contributed by atoms with Crippen LogP contribution in [0, 0.1) is 0 Å². The lowest BCUT2D eigenvalue weighted by atomic mass is 10.0. The summed E-state index contributed by atoms with van der Waals surface area (Å²) in [7, 11) is 0. The van der Waals surface area contributed by atoms with Gasteiger partial charge in [0, 0.05) is 17.0 Å². The highest BCUT2D eigenvalue weighted by Crippen LogP contribution is 2.29. The molecule has 0 bridgehead atoms. The van der Waals surface area contributed by atoms with E-state index in [0.717, 1.165) is 30.0 Å². The van der Waals surface area contributed by atoms with E-state index in [1.165, 1.54) is 28.0 Å². The molecule has 0 unspecified atom stereocenters. The minimum absolute atomic E-state index is 0.523. The number of aryl methyl sites for hydroxylation is 3. The van der Waals surface area contributed by atoms with Crippen LogP contribution in [0.4, 0.5) is 0 Å². The number of nitrogens with zero attached hydrogens (tertiary/aromatic N) is 1. The maximum atomic E-state index is 5.74. The number of thiazole rings is 1. The van der Waals surface area contributed by atoms with Crippen molar-refractivity contribution in [1.82, 2.24) is 4.98 Å². The molecule has 0 spiro atoms. The first kappa shape index (κ1) is 16.9. The Morgan fingerprint density at radius 3 is 2.21 bits per heavy atom. The molecular weight excluding hydrogens is 312 g/mol. The molecule has 2 N–H and O–H groups in total. The number of benzene rings is 2. The van der Waals surface area contributed by atoms with Crippen LogP contribution in [0.25, 0.3) is 11.3 Å². The molecule has 1 heterocycles. The van der Waals surface area contributed by atoms with E-state index < -0.39 is 0 Å². The van der Waals surface area contributed by atoms with Crippen molar-refractivity contribution in [3.05, 3.63) is 75.6 Å². The van der Waals surface area contributed by atoms with Crippen LogP contribution >= 0.6 is 11.3 Å². The minimum atomic E-state index is 0.523. The van der Waals surface area contributed by atoms with Gasteiger partial charge in [0.15, 0.2) is 0 Å². The summed E-state index contributed by atoms with van der Waals surface area (Å²) >= 11 is 1.73. The fourth-order valence-corrected chi connectivity index (χ4v) is 3.83. The molecule has 3 rings (SSSR count). The first-order valence-corrected chi connectivity index (χ1v) is 9.43. The molecule has 0 atom stereocenters. The van der Waals surface area contributed by atoms with Crippen LogP contribution < -0.4 is 5.73 Å². The fourth-order valence-electron chi connectivity index (χ4n) is 2.92. The summed E-state index contributed by atoms with van der Waals surface area (Å²) in [6.07, 6.45) is 4.43. The van der Waals surface area contributed by atoms with Crippen molar-refractivity contribution >= 4 is 11.3 Å². The number of rotatable bonds is 7. The molecule has 0 aliphatic rings. The van der Waals surface area contributed by atoms with Gasteiger partial charge in [-0.1, -0.05) is 61.5 Å². The van der Waals surface area contributed by atoms with Gasteiger partial charge >= 0.3 is 0 Å². The highest BCUT2D eigenvalue weighted by atomic mass is 32.1. The van der Waals surface area contributed by atoms with E-state index >= 15 is 0 Å². The Labute approximate surface area is 148 Å². The summed E-state index contributed by atoms with van der Waals surface area (Å²) in [5.41, 5.74) is 10.9. The van der Waals surface area contributed by atoms with Gasteiger partial charge in [0.25, 0.3) is 0 Å². The Hall–Kier alpha value is -1.97. The number of hydrogen-bond donors (Lipinski definition) is 1. The van der Waals surface area contributed by atoms with Crippen LogP contribution in [-0.2, 0) is 25.8 Å². The maximum absolute atomic E-state index is 5.74. The SMILES string of the molecule is CCc1sc(CN)nc1-c1ccc(CCCc2ccccc2)cc1. The van der Waals surface area contributed by atoms with E-state index in [1.807, 2.05) is 0 Å². The van der Waals surface area contributed by atoms with Gasteiger partial charge in [-0.05, 0) is 36.8 Å². The Balaban J connectivity index is 1.64. The Morgan fingerprint density at radius 2 is 1.58 bits per heavy atom. The van der Waals surface area contributed by atoms with Crippen molar-refractivity contribution in [3.8, 4) is 11.3 Å². The van der Waals surface area contributed by atoms with E-state index in [9.17, 15) is 0 Å². The van der Waals surface area contributed by atoms with Gasteiger partial charge in [0.05, 0.1) is 5.69 Å². The largest absolute Gasteiger partial charge is 0.325 e.